The molecule has 2 nitrogen and oxygen atoms in total. The van der Waals surface area contributed by atoms with E-state index >= 15 is 0 Å². The van der Waals surface area contributed by atoms with E-state index in [0.29, 0.717) is 5.92 Å². The summed E-state index contributed by atoms with van der Waals surface area (Å²) in [4.78, 5) is 4.79. The summed E-state index contributed by atoms with van der Waals surface area (Å²) in [5.74, 6) is 0.472. The molecule has 2 atom stereocenters. The fourth-order valence-corrected chi connectivity index (χ4v) is 8.91. The SMILES string of the molecule is C=C/C=C\C1=C(N(c2ccccc2)c2ccc(-c3ccc(N(C4=CC=CC5CC=CC=C45)c4ccccc4)cc3)cc2)C=CC=C(C)C1C(C)(C)c1ccc(C=C)cc1. The molecule has 3 aliphatic rings. The van der Waals surface area contributed by atoms with Crippen molar-refractivity contribution < 1.29 is 0 Å². The van der Waals surface area contributed by atoms with Gasteiger partial charge in [0.15, 0.2) is 0 Å². The van der Waals surface area contributed by atoms with E-state index in [1.165, 1.54) is 33.5 Å². The second-order valence-electron chi connectivity index (χ2n) is 16.0. The van der Waals surface area contributed by atoms with Gasteiger partial charge in [0.05, 0.1) is 0 Å². The fraction of sp³-hybridized carbons (Fsp3) is 0.123. The van der Waals surface area contributed by atoms with Crippen LogP contribution in [0, 0.1) is 11.8 Å². The number of hydrogen-bond acceptors (Lipinski definition) is 2. The highest BCUT2D eigenvalue weighted by Crippen LogP contribution is 2.46. The first-order valence-corrected chi connectivity index (χ1v) is 20.6. The predicted molar refractivity (Wildman–Crippen MR) is 254 cm³/mol. The lowest BCUT2D eigenvalue weighted by Crippen LogP contribution is -2.32. The van der Waals surface area contributed by atoms with Crippen LogP contribution in [0.2, 0.25) is 0 Å². The summed E-state index contributed by atoms with van der Waals surface area (Å²) in [5.41, 5.74) is 15.2. The molecule has 0 spiro atoms. The minimum atomic E-state index is -0.233. The molecule has 0 amide bonds. The van der Waals surface area contributed by atoms with Crippen LogP contribution in [-0.4, -0.2) is 0 Å². The highest BCUT2D eigenvalue weighted by Gasteiger charge is 2.37. The summed E-state index contributed by atoms with van der Waals surface area (Å²) in [6.07, 6.45) is 29.4. The lowest BCUT2D eigenvalue weighted by molar-refractivity contribution is 0.414. The van der Waals surface area contributed by atoms with Gasteiger partial charge in [0.25, 0.3) is 0 Å². The van der Waals surface area contributed by atoms with Gasteiger partial charge < -0.3 is 9.80 Å². The molecule has 5 aromatic rings. The molecule has 290 valence electrons. The van der Waals surface area contributed by atoms with Crippen LogP contribution in [0.15, 0.2) is 248 Å². The molecule has 0 fully saturated rings. The van der Waals surface area contributed by atoms with Gasteiger partial charge in [-0.3, -0.25) is 0 Å². The maximum atomic E-state index is 4.07. The number of rotatable bonds is 12. The van der Waals surface area contributed by atoms with Gasteiger partial charge in [-0.05, 0) is 107 Å². The van der Waals surface area contributed by atoms with E-state index in [4.69, 9.17) is 0 Å². The summed E-state index contributed by atoms with van der Waals surface area (Å²) in [6, 6.07) is 48.2. The molecule has 0 saturated carbocycles. The maximum absolute atomic E-state index is 4.07. The zero-order valence-corrected chi connectivity index (χ0v) is 34.4. The van der Waals surface area contributed by atoms with Crippen molar-refractivity contribution in [1.82, 2.24) is 0 Å². The Hall–Kier alpha value is -6.90. The molecule has 0 heterocycles. The lowest BCUT2D eigenvalue weighted by Gasteiger charge is -2.39. The molecule has 59 heavy (non-hydrogen) atoms. The van der Waals surface area contributed by atoms with Crippen LogP contribution in [0.4, 0.5) is 22.7 Å². The van der Waals surface area contributed by atoms with Gasteiger partial charge in [0.1, 0.15) is 0 Å². The first-order chi connectivity index (χ1) is 28.9. The first kappa shape index (κ1) is 38.9. The Bertz CT molecular complexity index is 2550. The Balaban J connectivity index is 1.18. The van der Waals surface area contributed by atoms with Gasteiger partial charge in [0, 0.05) is 51.4 Å². The monoisotopic (exact) mass is 764 g/mol. The topological polar surface area (TPSA) is 6.48 Å². The van der Waals surface area contributed by atoms with E-state index in [2.05, 4.69) is 244 Å². The molecule has 5 aromatic carbocycles. The van der Waals surface area contributed by atoms with Crippen molar-refractivity contribution in [1.29, 1.82) is 0 Å². The van der Waals surface area contributed by atoms with Crippen molar-refractivity contribution in [3.8, 4) is 11.1 Å². The molecule has 0 bridgehead atoms. The van der Waals surface area contributed by atoms with Crippen molar-refractivity contribution in [3.63, 3.8) is 0 Å². The van der Waals surface area contributed by atoms with E-state index in [1.807, 2.05) is 12.2 Å². The zero-order chi connectivity index (χ0) is 40.8. The summed E-state index contributed by atoms with van der Waals surface area (Å²) in [6.45, 7) is 15.0. The van der Waals surface area contributed by atoms with Crippen LogP contribution < -0.4 is 9.80 Å². The number of fused-ring (bicyclic) bond motifs is 1. The minimum absolute atomic E-state index is 0.0786. The number of anilines is 4. The van der Waals surface area contributed by atoms with Crippen LogP contribution in [-0.2, 0) is 5.41 Å². The first-order valence-electron chi connectivity index (χ1n) is 20.6. The fourth-order valence-electron chi connectivity index (χ4n) is 8.91. The standard InChI is InChI=1S/C57H52N2/c1-6-8-26-53-55(28-17-19-42(3)56(53)57(4,5)47-36-30-43(7-2)31-37-47)59(49-24-13-10-14-25-49)51-40-34-45(35-41-51)44-32-38-50(39-33-44)58(48-22-11-9-12-23-48)54-29-18-21-46-20-15-16-27-52(46)54/h6-19,21-41,46,56H,1-2,20H2,3-5H3/b26-8-. The molecule has 0 aliphatic heterocycles. The van der Waals surface area contributed by atoms with E-state index < -0.39 is 0 Å². The van der Waals surface area contributed by atoms with E-state index in [0.717, 1.165) is 46.0 Å². The Kier molecular flexibility index (Phi) is 11.4. The molecule has 8 rings (SSSR count). The maximum Gasteiger partial charge on any atom is 0.0500 e. The summed E-state index contributed by atoms with van der Waals surface area (Å²) >= 11 is 0. The van der Waals surface area contributed by atoms with Gasteiger partial charge >= 0.3 is 0 Å². The highest BCUT2D eigenvalue weighted by molar-refractivity contribution is 5.78. The molecule has 2 unspecified atom stereocenters. The highest BCUT2D eigenvalue weighted by atomic mass is 15.2. The van der Waals surface area contributed by atoms with E-state index in [1.54, 1.807) is 0 Å². The molecule has 0 N–H and O–H groups in total. The van der Waals surface area contributed by atoms with E-state index in [9.17, 15) is 0 Å². The minimum Gasteiger partial charge on any atom is -0.310 e. The average Bonchev–Trinajstić information content (AvgIpc) is 3.45. The number of nitrogens with zero attached hydrogens (tertiary/aromatic N) is 2. The molecular weight excluding hydrogens is 713 g/mol. The lowest BCUT2D eigenvalue weighted by atomic mass is 9.66. The van der Waals surface area contributed by atoms with Crippen LogP contribution in [0.1, 0.15) is 38.3 Å². The van der Waals surface area contributed by atoms with Crippen LogP contribution in [0.3, 0.4) is 0 Å². The van der Waals surface area contributed by atoms with Gasteiger partial charge in [-0.25, -0.2) is 0 Å². The average molecular weight is 765 g/mol. The van der Waals surface area contributed by atoms with Crippen molar-refractivity contribution in [2.75, 3.05) is 9.80 Å². The Morgan fingerprint density at radius 2 is 1.22 bits per heavy atom. The third-order valence-corrected chi connectivity index (χ3v) is 11.9. The van der Waals surface area contributed by atoms with Crippen molar-refractivity contribution in [3.05, 3.63) is 259 Å². The van der Waals surface area contributed by atoms with Crippen LogP contribution in [0.5, 0.6) is 0 Å². The number of para-hydroxylation sites is 2. The van der Waals surface area contributed by atoms with Crippen molar-refractivity contribution >= 4 is 28.8 Å². The van der Waals surface area contributed by atoms with Crippen LogP contribution >= 0.6 is 0 Å². The second kappa shape index (κ2) is 17.3. The zero-order valence-electron chi connectivity index (χ0n) is 34.4. The van der Waals surface area contributed by atoms with Gasteiger partial charge in [-0.15, -0.1) is 0 Å². The molecule has 0 saturated heterocycles. The largest absolute Gasteiger partial charge is 0.310 e. The second-order valence-corrected chi connectivity index (χ2v) is 16.0. The summed E-state index contributed by atoms with van der Waals surface area (Å²) in [5, 5.41) is 0. The Labute approximate surface area is 351 Å². The molecular formula is C57H52N2. The molecule has 0 radical (unpaired) electrons. The number of allylic oxidation sites excluding steroid dienone is 15. The van der Waals surface area contributed by atoms with Gasteiger partial charge in [0.2, 0.25) is 0 Å². The smallest absolute Gasteiger partial charge is 0.0500 e. The molecule has 3 aliphatic carbocycles. The molecule has 2 heteroatoms. The summed E-state index contributed by atoms with van der Waals surface area (Å²) < 4.78 is 0. The Morgan fingerprint density at radius 3 is 1.83 bits per heavy atom. The number of hydrogen-bond donors (Lipinski definition) is 0. The number of benzene rings is 5. The van der Waals surface area contributed by atoms with Crippen molar-refractivity contribution in [2.24, 2.45) is 11.8 Å². The van der Waals surface area contributed by atoms with E-state index in [-0.39, 0.29) is 11.3 Å². The third kappa shape index (κ3) is 8.00. The molecule has 0 aromatic heterocycles. The summed E-state index contributed by atoms with van der Waals surface area (Å²) in [7, 11) is 0. The van der Waals surface area contributed by atoms with Gasteiger partial charge in [-0.2, -0.15) is 0 Å². The van der Waals surface area contributed by atoms with Gasteiger partial charge in [-0.1, -0.05) is 184 Å². The third-order valence-electron chi connectivity index (χ3n) is 11.9. The van der Waals surface area contributed by atoms with Crippen LogP contribution in [0.25, 0.3) is 17.2 Å². The normalized spacial score (nSPS) is 17.4. The quantitative estimate of drug-likeness (QED) is 0.117. The van der Waals surface area contributed by atoms with Crippen molar-refractivity contribution in [2.45, 2.75) is 32.6 Å². The Morgan fingerprint density at radius 1 is 0.627 bits per heavy atom. The predicted octanol–water partition coefficient (Wildman–Crippen LogP) is 15.3.